The van der Waals surface area contributed by atoms with Gasteiger partial charge >= 0.3 is 0 Å². The number of halogens is 4. The van der Waals surface area contributed by atoms with Crippen molar-refractivity contribution in [3.8, 4) is 0 Å². The van der Waals surface area contributed by atoms with E-state index in [-0.39, 0.29) is 5.69 Å². The highest BCUT2D eigenvalue weighted by atomic mass is 35.5. The number of anilines is 3. The van der Waals surface area contributed by atoms with Gasteiger partial charge in [0.15, 0.2) is 0 Å². The van der Waals surface area contributed by atoms with E-state index in [2.05, 4.69) is 5.32 Å². The fourth-order valence-corrected chi connectivity index (χ4v) is 2.21. The van der Waals surface area contributed by atoms with Crippen LogP contribution in [0.5, 0.6) is 0 Å². The van der Waals surface area contributed by atoms with Gasteiger partial charge in [0.2, 0.25) is 0 Å². The van der Waals surface area contributed by atoms with Crippen LogP contribution in [0.2, 0.25) is 15.1 Å². The lowest BCUT2D eigenvalue weighted by Gasteiger charge is -2.12. The van der Waals surface area contributed by atoms with Crippen molar-refractivity contribution in [2.24, 2.45) is 0 Å². The molecule has 0 aliphatic heterocycles. The Bertz CT molecular complexity index is 579. The minimum atomic E-state index is -0.455. The second-order valence-electron chi connectivity index (χ2n) is 3.61. The van der Waals surface area contributed by atoms with Gasteiger partial charge in [-0.05, 0) is 30.3 Å². The Balaban J connectivity index is 2.43. The molecule has 0 atom stereocenters. The second-order valence-corrected chi connectivity index (χ2v) is 4.86. The van der Waals surface area contributed by atoms with Crippen LogP contribution in [0.1, 0.15) is 0 Å². The molecule has 0 saturated heterocycles. The van der Waals surface area contributed by atoms with E-state index in [1.165, 1.54) is 30.3 Å². The van der Waals surface area contributed by atoms with Gasteiger partial charge in [-0.2, -0.15) is 0 Å². The smallest absolute Gasteiger partial charge is 0.146 e. The number of benzene rings is 2. The molecule has 0 spiro atoms. The van der Waals surface area contributed by atoms with Crippen molar-refractivity contribution in [3.63, 3.8) is 0 Å². The summed E-state index contributed by atoms with van der Waals surface area (Å²) in [5.41, 5.74) is 6.59. The SMILES string of the molecule is Nc1cc(Cl)c(Nc2cc(Cl)ccc2F)c(Cl)c1. The van der Waals surface area contributed by atoms with E-state index in [0.717, 1.165) is 0 Å². The average Bonchev–Trinajstić information content (AvgIpc) is 2.28. The van der Waals surface area contributed by atoms with E-state index in [4.69, 9.17) is 40.5 Å². The first-order chi connectivity index (χ1) is 8.47. The molecule has 0 amide bonds. The summed E-state index contributed by atoms with van der Waals surface area (Å²) in [4.78, 5) is 0. The summed E-state index contributed by atoms with van der Waals surface area (Å²) >= 11 is 17.8. The topological polar surface area (TPSA) is 38.0 Å². The van der Waals surface area contributed by atoms with Crippen LogP contribution >= 0.6 is 34.8 Å². The molecule has 0 saturated carbocycles. The molecular weight excluding hydrogens is 298 g/mol. The normalized spacial score (nSPS) is 10.4. The van der Waals surface area contributed by atoms with Gasteiger partial charge in [0.25, 0.3) is 0 Å². The minimum Gasteiger partial charge on any atom is -0.399 e. The van der Waals surface area contributed by atoms with Crippen LogP contribution in [0.3, 0.4) is 0 Å². The number of nitrogens with one attached hydrogen (secondary N) is 1. The Morgan fingerprint density at radius 2 is 1.61 bits per heavy atom. The van der Waals surface area contributed by atoms with E-state index < -0.39 is 5.82 Å². The molecule has 0 radical (unpaired) electrons. The number of nitrogen functional groups attached to an aromatic ring is 1. The van der Waals surface area contributed by atoms with Crippen molar-refractivity contribution in [1.82, 2.24) is 0 Å². The lowest BCUT2D eigenvalue weighted by Crippen LogP contribution is -1.97. The molecule has 2 aromatic carbocycles. The van der Waals surface area contributed by atoms with Gasteiger partial charge in [0.05, 0.1) is 21.4 Å². The van der Waals surface area contributed by atoms with Crippen LogP contribution in [-0.2, 0) is 0 Å². The minimum absolute atomic E-state index is 0.191. The summed E-state index contributed by atoms with van der Waals surface area (Å²) in [6, 6.07) is 7.20. The van der Waals surface area contributed by atoms with E-state index in [1.807, 2.05) is 0 Å². The van der Waals surface area contributed by atoms with E-state index in [0.29, 0.717) is 26.4 Å². The van der Waals surface area contributed by atoms with E-state index in [1.54, 1.807) is 0 Å². The van der Waals surface area contributed by atoms with Crippen molar-refractivity contribution >= 4 is 51.9 Å². The number of nitrogens with two attached hydrogens (primary N) is 1. The molecule has 0 bridgehead atoms. The summed E-state index contributed by atoms with van der Waals surface area (Å²) in [7, 11) is 0. The van der Waals surface area contributed by atoms with Crippen molar-refractivity contribution < 1.29 is 4.39 Å². The average molecular weight is 306 g/mol. The van der Waals surface area contributed by atoms with Crippen molar-refractivity contribution in [2.75, 3.05) is 11.1 Å². The maximum atomic E-state index is 13.6. The second kappa shape index (κ2) is 5.22. The maximum absolute atomic E-state index is 13.6. The maximum Gasteiger partial charge on any atom is 0.146 e. The van der Waals surface area contributed by atoms with Gasteiger partial charge in [-0.15, -0.1) is 0 Å². The van der Waals surface area contributed by atoms with Crippen LogP contribution < -0.4 is 11.1 Å². The molecule has 94 valence electrons. The zero-order valence-electron chi connectivity index (χ0n) is 8.98. The highest BCUT2D eigenvalue weighted by molar-refractivity contribution is 6.39. The first kappa shape index (κ1) is 13.3. The van der Waals surface area contributed by atoms with Crippen LogP contribution in [0.4, 0.5) is 21.5 Å². The molecule has 18 heavy (non-hydrogen) atoms. The molecule has 0 fully saturated rings. The van der Waals surface area contributed by atoms with Crippen molar-refractivity contribution in [1.29, 1.82) is 0 Å². The van der Waals surface area contributed by atoms with Crippen LogP contribution in [0.25, 0.3) is 0 Å². The fraction of sp³-hybridized carbons (Fsp3) is 0. The molecule has 0 unspecified atom stereocenters. The first-order valence-corrected chi connectivity index (χ1v) is 6.07. The molecule has 0 aliphatic rings. The number of hydrogen-bond donors (Lipinski definition) is 2. The quantitative estimate of drug-likeness (QED) is 0.756. The van der Waals surface area contributed by atoms with Gasteiger partial charge in [0, 0.05) is 10.7 Å². The molecule has 6 heteroatoms. The molecule has 2 rings (SSSR count). The molecule has 2 aromatic rings. The van der Waals surface area contributed by atoms with Crippen LogP contribution in [0.15, 0.2) is 30.3 Å². The summed E-state index contributed by atoms with van der Waals surface area (Å²) in [6.45, 7) is 0. The lowest BCUT2D eigenvalue weighted by atomic mass is 10.2. The zero-order chi connectivity index (χ0) is 13.3. The van der Waals surface area contributed by atoms with Gasteiger partial charge < -0.3 is 11.1 Å². The van der Waals surface area contributed by atoms with Gasteiger partial charge in [-0.1, -0.05) is 34.8 Å². The Morgan fingerprint density at radius 1 is 1.00 bits per heavy atom. The molecule has 0 aliphatic carbocycles. The largest absolute Gasteiger partial charge is 0.399 e. The molecule has 0 heterocycles. The van der Waals surface area contributed by atoms with E-state index >= 15 is 0 Å². The van der Waals surface area contributed by atoms with Crippen molar-refractivity contribution in [3.05, 3.63) is 51.2 Å². The molecule has 3 N–H and O–H groups in total. The third kappa shape index (κ3) is 2.80. The third-order valence-corrected chi connectivity index (χ3v) is 3.08. The highest BCUT2D eigenvalue weighted by Crippen LogP contribution is 2.36. The summed E-state index contributed by atoms with van der Waals surface area (Å²) in [6.07, 6.45) is 0. The van der Waals surface area contributed by atoms with Gasteiger partial charge in [-0.25, -0.2) is 4.39 Å². The molecule has 2 nitrogen and oxygen atoms in total. The van der Waals surface area contributed by atoms with Crippen LogP contribution in [-0.4, -0.2) is 0 Å². The molecular formula is C12H8Cl3FN2. The zero-order valence-corrected chi connectivity index (χ0v) is 11.2. The number of rotatable bonds is 2. The summed E-state index contributed by atoms with van der Waals surface area (Å²) in [5.74, 6) is -0.455. The highest BCUT2D eigenvalue weighted by Gasteiger charge is 2.10. The first-order valence-electron chi connectivity index (χ1n) is 4.94. The predicted octanol–water partition coefficient (Wildman–Crippen LogP) is 5.11. The standard InChI is InChI=1S/C12H8Cl3FN2/c13-6-1-2-10(16)11(3-6)18-12-8(14)4-7(17)5-9(12)15/h1-5,18H,17H2. The monoisotopic (exact) mass is 304 g/mol. The Morgan fingerprint density at radius 3 is 2.22 bits per heavy atom. The number of hydrogen-bond acceptors (Lipinski definition) is 2. The Hall–Kier alpha value is -1.16. The van der Waals surface area contributed by atoms with Gasteiger partial charge in [-0.3, -0.25) is 0 Å². The Kier molecular flexibility index (Phi) is 3.85. The molecule has 0 aromatic heterocycles. The van der Waals surface area contributed by atoms with E-state index in [9.17, 15) is 4.39 Å². The van der Waals surface area contributed by atoms with Gasteiger partial charge in [0.1, 0.15) is 5.82 Å². The summed E-state index contributed by atoms with van der Waals surface area (Å²) < 4.78 is 13.6. The van der Waals surface area contributed by atoms with Crippen molar-refractivity contribution in [2.45, 2.75) is 0 Å². The fourth-order valence-electron chi connectivity index (χ4n) is 1.44. The third-order valence-electron chi connectivity index (χ3n) is 2.25. The lowest BCUT2D eigenvalue weighted by molar-refractivity contribution is 0.632. The Labute approximate surface area is 118 Å². The summed E-state index contributed by atoms with van der Waals surface area (Å²) in [5, 5.41) is 3.81. The van der Waals surface area contributed by atoms with Crippen LogP contribution in [0, 0.1) is 5.82 Å². The predicted molar refractivity (Wildman–Crippen MR) is 75.6 cm³/mol.